The Morgan fingerprint density at radius 3 is 2.00 bits per heavy atom. The van der Waals surface area contributed by atoms with Gasteiger partial charge in [0.15, 0.2) is 0 Å². The van der Waals surface area contributed by atoms with Crippen molar-refractivity contribution in [1.82, 2.24) is 0 Å². The first-order valence-corrected chi connectivity index (χ1v) is 11.8. The number of amides is 2. The summed E-state index contributed by atoms with van der Waals surface area (Å²) in [5, 5.41) is 5.89. The van der Waals surface area contributed by atoms with Crippen LogP contribution in [0.2, 0.25) is 0 Å². The average molecular weight is 463 g/mol. The molecule has 1 aliphatic heterocycles. The second kappa shape index (κ2) is 9.85. The molecule has 0 unspecified atom stereocenters. The van der Waals surface area contributed by atoms with E-state index in [1.807, 2.05) is 78.9 Å². The second-order valence-electron chi connectivity index (χ2n) is 8.53. The van der Waals surface area contributed by atoms with Crippen molar-refractivity contribution in [1.29, 1.82) is 0 Å². The Kier molecular flexibility index (Phi) is 6.31. The first-order valence-electron chi connectivity index (χ1n) is 11.8. The Balaban J connectivity index is 1.35. The van der Waals surface area contributed by atoms with Crippen molar-refractivity contribution >= 4 is 23.2 Å². The number of para-hydroxylation sites is 3. The number of nitrogens with one attached hydrogen (secondary N) is 2. The van der Waals surface area contributed by atoms with E-state index in [0.717, 1.165) is 29.0 Å². The number of fused-ring (bicyclic) bond motifs is 2. The van der Waals surface area contributed by atoms with Crippen molar-refractivity contribution in [2.75, 3.05) is 10.6 Å². The summed E-state index contributed by atoms with van der Waals surface area (Å²) in [6.45, 7) is 2.09. The van der Waals surface area contributed by atoms with Gasteiger partial charge < -0.3 is 15.4 Å². The highest BCUT2D eigenvalue weighted by Gasteiger charge is 2.29. The van der Waals surface area contributed by atoms with Crippen LogP contribution in [0.4, 0.5) is 11.4 Å². The third kappa shape index (κ3) is 4.80. The molecule has 0 aliphatic carbocycles. The van der Waals surface area contributed by atoms with Gasteiger partial charge in [0.25, 0.3) is 5.91 Å². The monoisotopic (exact) mass is 462 g/mol. The quantitative estimate of drug-likeness (QED) is 0.332. The van der Waals surface area contributed by atoms with Crippen LogP contribution in [0.3, 0.4) is 0 Å². The normalized spacial score (nSPS) is 12.1. The van der Waals surface area contributed by atoms with Gasteiger partial charge in [0.1, 0.15) is 11.5 Å². The minimum Gasteiger partial charge on any atom is -0.457 e. The Bertz CT molecular complexity index is 1330. The molecular weight excluding hydrogens is 436 g/mol. The molecule has 5 rings (SSSR count). The van der Waals surface area contributed by atoms with Crippen molar-refractivity contribution in [2.24, 2.45) is 0 Å². The standard InChI is InChI=1S/C30H26N2O3/c1-2-20-15-17-21(18-16-20)31-30(34)24-11-3-6-12-26(24)32-29(33)19-25-22-9-4-7-13-27(22)35-28-14-8-5-10-23(25)28/h3-18,25H,2,19H2,1H3,(H,31,34)(H,32,33). The van der Waals surface area contributed by atoms with Crippen LogP contribution in [0.15, 0.2) is 97.1 Å². The van der Waals surface area contributed by atoms with Crippen LogP contribution in [0.1, 0.15) is 46.3 Å². The summed E-state index contributed by atoms with van der Waals surface area (Å²) in [7, 11) is 0. The fourth-order valence-electron chi connectivity index (χ4n) is 4.43. The van der Waals surface area contributed by atoms with Crippen LogP contribution in [0, 0.1) is 0 Å². The molecule has 35 heavy (non-hydrogen) atoms. The van der Waals surface area contributed by atoms with E-state index in [-0.39, 0.29) is 24.2 Å². The van der Waals surface area contributed by atoms with Crippen LogP contribution in [0.5, 0.6) is 11.5 Å². The Morgan fingerprint density at radius 1 is 0.743 bits per heavy atom. The van der Waals surface area contributed by atoms with Crippen LogP contribution in [0.25, 0.3) is 0 Å². The number of anilines is 2. The molecule has 0 bridgehead atoms. The van der Waals surface area contributed by atoms with Crippen LogP contribution in [-0.4, -0.2) is 11.8 Å². The Morgan fingerprint density at radius 2 is 1.34 bits per heavy atom. The molecule has 5 heteroatoms. The summed E-state index contributed by atoms with van der Waals surface area (Å²) in [4.78, 5) is 26.2. The summed E-state index contributed by atoms with van der Waals surface area (Å²) in [5.41, 5.74) is 4.75. The van der Waals surface area contributed by atoms with Gasteiger partial charge in [-0.2, -0.15) is 0 Å². The topological polar surface area (TPSA) is 67.4 Å². The zero-order valence-corrected chi connectivity index (χ0v) is 19.5. The lowest BCUT2D eigenvalue weighted by atomic mass is 9.85. The van der Waals surface area contributed by atoms with Crippen LogP contribution < -0.4 is 15.4 Å². The lowest BCUT2D eigenvalue weighted by Crippen LogP contribution is -2.21. The molecule has 0 fully saturated rings. The number of hydrogen-bond acceptors (Lipinski definition) is 3. The number of ether oxygens (including phenoxy) is 1. The smallest absolute Gasteiger partial charge is 0.257 e. The summed E-state index contributed by atoms with van der Waals surface area (Å²) in [6.07, 6.45) is 1.16. The van der Waals surface area contributed by atoms with E-state index >= 15 is 0 Å². The van der Waals surface area contributed by atoms with Gasteiger partial charge in [-0.1, -0.05) is 67.6 Å². The van der Waals surface area contributed by atoms with E-state index in [1.165, 1.54) is 5.56 Å². The highest BCUT2D eigenvalue weighted by molar-refractivity contribution is 6.10. The lowest BCUT2D eigenvalue weighted by molar-refractivity contribution is -0.116. The second-order valence-corrected chi connectivity index (χ2v) is 8.53. The molecule has 0 saturated carbocycles. The molecule has 1 aliphatic rings. The lowest BCUT2D eigenvalue weighted by Gasteiger charge is -2.28. The zero-order chi connectivity index (χ0) is 24.2. The summed E-state index contributed by atoms with van der Waals surface area (Å²) < 4.78 is 6.04. The van der Waals surface area contributed by atoms with Gasteiger partial charge in [-0.15, -0.1) is 0 Å². The van der Waals surface area contributed by atoms with E-state index in [1.54, 1.807) is 18.2 Å². The largest absolute Gasteiger partial charge is 0.457 e. The van der Waals surface area contributed by atoms with Crippen LogP contribution in [-0.2, 0) is 11.2 Å². The molecule has 0 radical (unpaired) electrons. The predicted molar refractivity (Wildman–Crippen MR) is 138 cm³/mol. The third-order valence-electron chi connectivity index (χ3n) is 6.26. The molecule has 5 nitrogen and oxygen atoms in total. The molecule has 1 heterocycles. The number of carbonyl (C=O) groups is 2. The van der Waals surface area contributed by atoms with Gasteiger partial charge in [-0.3, -0.25) is 9.59 Å². The fourth-order valence-corrected chi connectivity index (χ4v) is 4.43. The molecule has 174 valence electrons. The van der Waals surface area contributed by atoms with E-state index in [0.29, 0.717) is 16.9 Å². The molecule has 0 atom stereocenters. The van der Waals surface area contributed by atoms with Gasteiger partial charge in [0, 0.05) is 29.2 Å². The number of carbonyl (C=O) groups excluding carboxylic acids is 2. The minimum absolute atomic E-state index is 0.144. The SMILES string of the molecule is CCc1ccc(NC(=O)c2ccccc2NC(=O)CC2c3ccccc3Oc3ccccc32)cc1. The maximum Gasteiger partial charge on any atom is 0.257 e. The third-order valence-corrected chi connectivity index (χ3v) is 6.26. The van der Waals surface area contributed by atoms with Gasteiger partial charge >= 0.3 is 0 Å². The molecule has 0 spiro atoms. The van der Waals surface area contributed by atoms with E-state index in [9.17, 15) is 9.59 Å². The van der Waals surface area contributed by atoms with E-state index in [2.05, 4.69) is 17.6 Å². The highest BCUT2D eigenvalue weighted by Crippen LogP contribution is 2.45. The molecule has 2 amide bonds. The maximum absolute atomic E-state index is 13.2. The van der Waals surface area contributed by atoms with Crippen molar-refractivity contribution in [2.45, 2.75) is 25.7 Å². The summed E-state index contributed by atoms with van der Waals surface area (Å²) in [6, 6.07) is 30.4. The summed E-state index contributed by atoms with van der Waals surface area (Å²) in [5.74, 6) is 0.936. The van der Waals surface area contributed by atoms with Gasteiger partial charge in [0.2, 0.25) is 5.91 Å². The predicted octanol–water partition coefficient (Wildman–Crippen LogP) is 6.77. The zero-order valence-electron chi connectivity index (χ0n) is 19.5. The van der Waals surface area contributed by atoms with Crippen molar-refractivity contribution in [3.8, 4) is 11.5 Å². The Hall–Kier alpha value is -4.38. The van der Waals surface area contributed by atoms with E-state index < -0.39 is 0 Å². The maximum atomic E-state index is 13.2. The molecular formula is C30H26N2O3. The minimum atomic E-state index is -0.271. The molecule has 2 N–H and O–H groups in total. The molecule has 4 aromatic rings. The molecule has 0 aromatic heterocycles. The number of benzene rings is 4. The number of rotatable bonds is 6. The van der Waals surface area contributed by atoms with Crippen molar-refractivity contribution in [3.63, 3.8) is 0 Å². The highest BCUT2D eigenvalue weighted by atomic mass is 16.5. The van der Waals surface area contributed by atoms with Gasteiger partial charge in [-0.25, -0.2) is 0 Å². The van der Waals surface area contributed by atoms with E-state index in [4.69, 9.17) is 4.74 Å². The van der Waals surface area contributed by atoms with Crippen molar-refractivity contribution < 1.29 is 14.3 Å². The van der Waals surface area contributed by atoms with Crippen LogP contribution >= 0.6 is 0 Å². The molecule has 0 saturated heterocycles. The van der Waals surface area contributed by atoms with Crippen molar-refractivity contribution in [3.05, 3.63) is 119 Å². The fraction of sp³-hybridized carbons (Fsp3) is 0.133. The first kappa shape index (κ1) is 22.4. The Labute approximate surface area is 204 Å². The molecule has 4 aromatic carbocycles. The van der Waals surface area contributed by atoms with Gasteiger partial charge in [-0.05, 0) is 48.4 Å². The summed E-state index contributed by atoms with van der Waals surface area (Å²) >= 11 is 0. The number of hydrogen-bond donors (Lipinski definition) is 2. The number of aryl methyl sites for hydroxylation is 1. The first-order chi connectivity index (χ1) is 17.1. The average Bonchev–Trinajstić information content (AvgIpc) is 2.89. The van der Waals surface area contributed by atoms with Gasteiger partial charge in [0.05, 0.1) is 11.3 Å².